The number of anilines is 1. The number of nitrogen functional groups attached to an aromatic ring is 1. The van der Waals surface area contributed by atoms with Crippen molar-refractivity contribution in [2.75, 3.05) is 5.73 Å². The highest BCUT2D eigenvalue weighted by atomic mass is 15.3. The topological polar surface area (TPSA) is 74.5 Å². The Morgan fingerprint density at radius 3 is 2.47 bits per heavy atom. The lowest BCUT2D eigenvalue weighted by molar-refractivity contribution is 0.776. The van der Waals surface area contributed by atoms with Crippen molar-refractivity contribution >= 4 is 5.82 Å². The number of aryl methyl sites for hydroxylation is 2. The zero-order chi connectivity index (χ0) is 13.4. The first kappa shape index (κ1) is 11.5. The molecule has 0 radical (unpaired) electrons. The van der Waals surface area contributed by atoms with Crippen LogP contribution in [0.25, 0.3) is 22.6 Å². The smallest absolute Gasteiger partial charge is 0.161 e. The van der Waals surface area contributed by atoms with Crippen LogP contribution in [0.3, 0.4) is 0 Å². The van der Waals surface area contributed by atoms with Crippen molar-refractivity contribution in [1.29, 1.82) is 0 Å². The van der Waals surface area contributed by atoms with E-state index >= 15 is 0 Å². The van der Waals surface area contributed by atoms with Gasteiger partial charge >= 0.3 is 0 Å². The molecule has 0 atom stereocenters. The molecule has 3 heterocycles. The van der Waals surface area contributed by atoms with Crippen LogP contribution in [0.15, 0.2) is 36.9 Å². The second-order valence-corrected chi connectivity index (χ2v) is 4.33. The number of nitrogens with zero attached hydrogens (tertiary/aromatic N) is 5. The summed E-state index contributed by atoms with van der Waals surface area (Å²) in [4.78, 5) is 8.37. The third-order valence-electron chi connectivity index (χ3n) is 3.09. The molecule has 0 fully saturated rings. The van der Waals surface area contributed by atoms with E-state index in [0.717, 1.165) is 22.6 Å². The first-order chi connectivity index (χ1) is 9.18. The predicted octanol–water partition coefficient (Wildman–Crippen LogP) is 1.46. The maximum absolute atomic E-state index is 6.13. The Bertz CT molecular complexity index is 710. The van der Waals surface area contributed by atoms with E-state index in [4.69, 9.17) is 5.73 Å². The van der Waals surface area contributed by atoms with Gasteiger partial charge in [0.25, 0.3) is 0 Å². The molecule has 0 amide bonds. The van der Waals surface area contributed by atoms with Gasteiger partial charge in [-0.1, -0.05) is 0 Å². The van der Waals surface area contributed by atoms with Crippen LogP contribution in [0.4, 0.5) is 5.82 Å². The summed E-state index contributed by atoms with van der Waals surface area (Å²) in [5, 5.41) is 4.48. The molecule has 3 aromatic rings. The van der Waals surface area contributed by atoms with Crippen molar-refractivity contribution in [3.8, 4) is 22.6 Å². The van der Waals surface area contributed by atoms with Gasteiger partial charge in [-0.2, -0.15) is 5.10 Å². The average Bonchev–Trinajstić information content (AvgIpc) is 2.96. The predicted molar refractivity (Wildman–Crippen MR) is 73.1 cm³/mol. The maximum Gasteiger partial charge on any atom is 0.161 e. The molecule has 19 heavy (non-hydrogen) atoms. The Balaban J connectivity index is 2.28. The molecule has 6 heteroatoms. The van der Waals surface area contributed by atoms with E-state index < -0.39 is 0 Å². The zero-order valence-electron chi connectivity index (χ0n) is 10.8. The molecule has 0 unspecified atom stereocenters. The molecule has 0 aliphatic rings. The molecular weight excluding hydrogens is 240 g/mol. The van der Waals surface area contributed by atoms with Gasteiger partial charge < -0.3 is 10.3 Å². The molecule has 0 bridgehead atoms. The van der Waals surface area contributed by atoms with E-state index in [1.807, 2.05) is 37.0 Å². The van der Waals surface area contributed by atoms with Gasteiger partial charge in [0.05, 0.1) is 5.56 Å². The molecule has 6 nitrogen and oxygen atoms in total. The number of pyridine rings is 1. The monoisotopic (exact) mass is 254 g/mol. The molecule has 0 saturated heterocycles. The molecular formula is C13H14N6. The fourth-order valence-corrected chi connectivity index (χ4v) is 2.09. The normalized spacial score (nSPS) is 10.8. The quantitative estimate of drug-likeness (QED) is 0.751. The summed E-state index contributed by atoms with van der Waals surface area (Å²) in [6.45, 7) is 0. The third-order valence-corrected chi connectivity index (χ3v) is 3.09. The lowest BCUT2D eigenvalue weighted by Crippen LogP contribution is -1.98. The lowest BCUT2D eigenvalue weighted by Gasteiger charge is -2.03. The van der Waals surface area contributed by atoms with Crippen molar-refractivity contribution in [1.82, 2.24) is 24.3 Å². The van der Waals surface area contributed by atoms with E-state index in [0.29, 0.717) is 5.82 Å². The molecule has 2 N–H and O–H groups in total. The molecule has 3 aromatic heterocycles. The summed E-state index contributed by atoms with van der Waals surface area (Å²) in [5.41, 5.74) is 8.78. The Morgan fingerprint density at radius 2 is 1.84 bits per heavy atom. The van der Waals surface area contributed by atoms with E-state index in [9.17, 15) is 0 Å². The van der Waals surface area contributed by atoms with Crippen LogP contribution in [0, 0.1) is 0 Å². The SMILES string of the molecule is Cn1ccnc1-c1nn(C)c(N)c1-c1ccncc1. The van der Waals surface area contributed by atoms with Gasteiger partial charge in [-0.15, -0.1) is 0 Å². The van der Waals surface area contributed by atoms with Crippen LogP contribution < -0.4 is 5.73 Å². The summed E-state index contributed by atoms with van der Waals surface area (Å²) < 4.78 is 3.59. The number of imidazole rings is 1. The Kier molecular flexibility index (Phi) is 2.56. The van der Waals surface area contributed by atoms with Gasteiger partial charge in [-0.05, 0) is 17.7 Å². The summed E-state index contributed by atoms with van der Waals surface area (Å²) in [5.74, 6) is 1.41. The van der Waals surface area contributed by atoms with Gasteiger partial charge in [0, 0.05) is 38.9 Å². The molecule has 0 saturated carbocycles. The molecule has 0 aromatic carbocycles. The van der Waals surface area contributed by atoms with Crippen LogP contribution in [0.1, 0.15) is 0 Å². The average molecular weight is 254 g/mol. The van der Waals surface area contributed by atoms with Gasteiger partial charge in [-0.3, -0.25) is 9.67 Å². The van der Waals surface area contributed by atoms with E-state index in [-0.39, 0.29) is 0 Å². The standard InChI is InChI=1S/C13H14N6/c1-18-8-7-16-13(18)11-10(12(14)19(2)17-11)9-3-5-15-6-4-9/h3-8H,14H2,1-2H3. The number of rotatable bonds is 2. The van der Waals surface area contributed by atoms with E-state index in [1.165, 1.54) is 0 Å². The second-order valence-electron chi connectivity index (χ2n) is 4.33. The molecule has 96 valence electrons. The molecule has 3 rings (SSSR count). The van der Waals surface area contributed by atoms with Crippen molar-refractivity contribution in [3.05, 3.63) is 36.9 Å². The number of aromatic nitrogens is 5. The Morgan fingerprint density at radius 1 is 1.11 bits per heavy atom. The summed E-state index contributed by atoms with van der Waals surface area (Å²) in [6, 6.07) is 3.83. The Labute approximate surface area is 110 Å². The van der Waals surface area contributed by atoms with E-state index in [1.54, 1.807) is 23.3 Å². The largest absolute Gasteiger partial charge is 0.383 e. The van der Waals surface area contributed by atoms with Crippen molar-refractivity contribution < 1.29 is 0 Å². The minimum Gasteiger partial charge on any atom is -0.383 e. The van der Waals surface area contributed by atoms with Crippen LogP contribution >= 0.6 is 0 Å². The van der Waals surface area contributed by atoms with E-state index in [2.05, 4.69) is 15.1 Å². The minimum absolute atomic E-state index is 0.615. The molecule has 0 spiro atoms. The van der Waals surface area contributed by atoms with Crippen molar-refractivity contribution in [2.24, 2.45) is 14.1 Å². The van der Waals surface area contributed by atoms with Crippen molar-refractivity contribution in [3.63, 3.8) is 0 Å². The van der Waals surface area contributed by atoms with Gasteiger partial charge in [0.1, 0.15) is 11.5 Å². The van der Waals surface area contributed by atoms with Gasteiger partial charge in [0.2, 0.25) is 0 Å². The first-order valence-corrected chi connectivity index (χ1v) is 5.89. The lowest BCUT2D eigenvalue weighted by atomic mass is 10.1. The van der Waals surface area contributed by atoms with Gasteiger partial charge in [0.15, 0.2) is 5.82 Å². The van der Waals surface area contributed by atoms with Crippen molar-refractivity contribution in [2.45, 2.75) is 0 Å². The Hall–Kier alpha value is -2.63. The second kappa shape index (κ2) is 4.24. The molecule has 0 aliphatic carbocycles. The summed E-state index contributed by atoms with van der Waals surface area (Å²) in [6.07, 6.45) is 7.11. The van der Waals surface area contributed by atoms with Crippen LogP contribution in [0.5, 0.6) is 0 Å². The highest BCUT2D eigenvalue weighted by molar-refractivity contribution is 5.86. The fourth-order valence-electron chi connectivity index (χ4n) is 2.09. The van der Waals surface area contributed by atoms with Gasteiger partial charge in [-0.25, -0.2) is 4.98 Å². The number of nitrogens with two attached hydrogens (primary N) is 1. The van der Waals surface area contributed by atoms with Crippen LogP contribution in [-0.4, -0.2) is 24.3 Å². The zero-order valence-corrected chi connectivity index (χ0v) is 10.8. The van der Waals surface area contributed by atoms with Crippen LogP contribution in [0.2, 0.25) is 0 Å². The highest BCUT2D eigenvalue weighted by Gasteiger charge is 2.19. The highest BCUT2D eigenvalue weighted by Crippen LogP contribution is 2.34. The maximum atomic E-state index is 6.13. The molecule has 0 aliphatic heterocycles. The van der Waals surface area contributed by atoms with Crippen LogP contribution in [-0.2, 0) is 14.1 Å². The third kappa shape index (κ3) is 1.77. The summed E-state index contributed by atoms with van der Waals surface area (Å²) >= 11 is 0. The first-order valence-electron chi connectivity index (χ1n) is 5.89. The number of hydrogen-bond acceptors (Lipinski definition) is 4. The number of hydrogen-bond donors (Lipinski definition) is 1. The fraction of sp³-hybridized carbons (Fsp3) is 0.154. The minimum atomic E-state index is 0.615. The summed E-state index contributed by atoms with van der Waals surface area (Å²) in [7, 11) is 3.76.